The summed E-state index contributed by atoms with van der Waals surface area (Å²) in [5.74, 6) is 0.0207. The number of fused-ring (bicyclic) bond motifs is 1. The quantitative estimate of drug-likeness (QED) is 0.869. The van der Waals surface area contributed by atoms with Gasteiger partial charge in [0.15, 0.2) is 0 Å². The average Bonchev–Trinajstić information content (AvgIpc) is 2.78. The maximum Gasteiger partial charge on any atom is 0.313 e. The Morgan fingerprint density at radius 1 is 1.26 bits per heavy atom. The van der Waals surface area contributed by atoms with E-state index in [0.717, 1.165) is 18.4 Å². The molecule has 0 spiro atoms. The first kappa shape index (κ1) is 12.7. The number of aliphatic carboxylic acids is 1. The van der Waals surface area contributed by atoms with E-state index < -0.39 is 11.4 Å². The highest BCUT2D eigenvalue weighted by molar-refractivity contribution is 5.82. The van der Waals surface area contributed by atoms with E-state index in [4.69, 9.17) is 0 Å². The molecule has 0 amide bonds. The third-order valence-electron chi connectivity index (χ3n) is 5.17. The second-order valence-electron chi connectivity index (χ2n) is 6.39. The van der Waals surface area contributed by atoms with Crippen LogP contribution in [-0.4, -0.2) is 11.1 Å². The molecule has 0 heterocycles. The van der Waals surface area contributed by atoms with Crippen LogP contribution in [0.5, 0.6) is 0 Å². The number of hydrogen-bond acceptors (Lipinski definition) is 1. The standard InChI is InChI=1S/C17H22O2/c1-17(16(18)19)10-9-14-11-13(7-8-15(14)17)12-5-3-2-4-6-12/h7-8,11-12H,2-6,9-10H2,1H3,(H,18,19). The Morgan fingerprint density at radius 2 is 2.00 bits per heavy atom. The minimum absolute atomic E-state index is 0.666. The summed E-state index contributed by atoms with van der Waals surface area (Å²) in [5, 5.41) is 9.44. The Morgan fingerprint density at radius 3 is 2.68 bits per heavy atom. The third kappa shape index (κ3) is 2.07. The van der Waals surface area contributed by atoms with E-state index in [2.05, 4.69) is 18.2 Å². The van der Waals surface area contributed by atoms with Crippen LogP contribution < -0.4 is 0 Å². The van der Waals surface area contributed by atoms with Crippen LogP contribution in [0.4, 0.5) is 0 Å². The predicted molar refractivity (Wildman–Crippen MR) is 75.6 cm³/mol. The molecule has 1 fully saturated rings. The van der Waals surface area contributed by atoms with Crippen LogP contribution in [-0.2, 0) is 16.6 Å². The van der Waals surface area contributed by atoms with E-state index in [1.54, 1.807) is 0 Å². The Bertz CT molecular complexity index is 500. The lowest BCUT2D eigenvalue weighted by Gasteiger charge is -2.24. The fraction of sp³-hybridized carbons (Fsp3) is 0.588. The van der Waals surface area contributed by atoms with Crippen molar-refractivity contribution in [1.82, 2.24) is 0 Å². The molecule has 2 nitrogen and oxygen atoms in total. The molecule has 0 aliphatic heterocycles. The SMILES string of the molecule is CC1(C(=O)O)CCc2cc(C3CCCCC3)ccc21. The van der Waals surface area contributed by atoms with E-state index in [1.807, 2.05) is 6.92 Å². The molecular weight excluding hydrogens is 236 g/mol. The number of carbonyl (C=O) groups is 1. The summed E-state index contributed by atoms with van der Waals surface area (Å²) in [6, 6.07) is 6.56. The van der Waals surface area contributed by atoms with Gasteiger partial charge in [0, 0.05) is 0 Å². The van der Waals surface area contributed by atoms with Gasteiger partial charge in [0.1, 0.15) is 0 Å². The Hall–Kier alpha value is -1.31. The lowest BCUT2D eigenvalue weighted by atomic mass is 9.81. The van der Waals surface area contributed by atoms with Gasteiger partial charge >= 0.3 is 5.97 Å². The third-order valence-corrected chi connectivity index (χ3v) is 5.17. The van der Waals surface area contributed by atoms with Crippen molar-refractivity contribution in [3.8, 4) is 0 Å². The van der Waals surface area contributed by atoms with Gasteiger partial charge in [-0.1, -0.05) is 37.5 Å². The van der Waals surface area contributed by atoms with E-state index in [1.165, 1.54) is 43.2 Å². The van der Waals surface area contributed by atoms with Crippen molar-refractivity contribution in [2.24, 2.45) is 0 Å². The van der Waals surface area contributed by atoms with Crippen molar-refractivity contribution in [1.29, 1.82) is 0 Å². The number of carboxylic acids is 1. The average molecular weight is 258 g/mol. The highest BCUT2D eigenvalue weighted by Crippen LogP contribution is 2.41. The van der Waals surface area contributed by atoms with Gasteiger partial charge in [0.25, 0.3) is 0 Å². The van der Waals surface area contributed by atoms with E-state index in [-0.39, 0.29) is 0 Å². The molecule has 0 saturated heterocycles. The van der Waals surface area contributed by atoms with Crippen LogP contribution >= 0.6 is 0 Å². The second kappa shape index (κ2) is 4.66. The summed E-state index contributed by atoms with van der Waals surface area (Å²) < 4.78 is 0. The van der Waals surface area contributed by atoms with Crippen LogP contribution in [0.3, 0.4) is 0 Å². The maximum absolute atomic E-state index is 11.5. The number of hydrogen-bond donors (Lipinski definition) is 1. The molecule has 1 aromatic rings. The zero-order valence-electron chi connectivity index (χ0n) is 11.6. The summed E-state index contributed by atoms with van der Waals surface area (Å²) in [7, 11) is 0. The summed E-state index contributed by atoms with van der Waals surface area (Å²) in [6.45, 7) is 1.86. The molecule has 0 radical (unpaired) electrons. The topological polar surface area (TPSA) is 37.3 Å². The smallest absolute Gasteiger partial charge is 0.313 e. The highest BCUT2D eigenvalue weighted by Gasteiger charge is 2.41. The molecule has 1 N–H and O–H groups in total. The summed E-state index contributed by atoms with van der Waals surface area (Å²) in [4.78, 5) is 11.5. The van der Waals surface area contributed by atoms with Crippen molar-refractivity contribution >= 4 is 5.97 Å². The van der Waals surface area contributed by atoms with Crippen molar-refractivity contribution in [3.63, 3.8) is 0 Å². The van der Waals surface area contributed by atoms with Gasteiger partial charge in [0.05, 0.1) is 5.41 Å². The van der Waals surface area contributed by atoms with Gasteiger partial charge in [-0.2, -0.15) is 0 Å². The zero-order chi connectivity index (χ0) is 13.5. The second-order valence-corrected chi connectivity index (χ2v) is 6.39. The normalized spacial score (nSPS) is 27.2. The molecular formula is C17H22O2. The molecule has 1 atom stereocenters. The number of carboxylic acid groups (broad SMARTS) is 1. The Labute approximate surface area is 114 Å². The van der Waals surface area contributed by atoms with Crippen molar-refractivity contribution < 1.29 is 9.90 Å². The van der Waals surface area contributed by atoms with Crippen LogP contribution in [0.25, 0.3) is 0 Å². The van der Waals surface area contributed by atoms with Crippen molar-refractivity contribution in [3.05, 3.63) is 34.9 Å². The van der Waals surface area contributed by atoms with Gasteiger partial charge in [-0.15, -0.1) is 0 Å². The van der Waals surface area contributed by atoms with E-state index >= 15 is 0 Å². The Kier molecular flexibility index (Phi) is 3.12. The molecule has 1 saturated carbocycles. The van der Waals surface area contributed by atoms with Crippen LogP contribution in [0.1, 0.15) is 68.1 Å². The molecule has 3 rings (SSSR count). The van der Waals surface area contributed by atoms with Crippen molar-refractivity contribution in [2.45, 2.75) is 63.2 Å². The van der Waals surface area contributed by atoms with Gasteiger partial charge in [-0.3, -0.25) is 4.79 Å². The fourth-order valence-corrected chi connectivity index (χ4v) is 3.79. The molecule has 2 heteroatoms. The number of rotatable bonds is 2. The molecule has 1 unspecified atom stereocenters. The first-order valence-corrected chi connectivity index (χ1v) is 7.48. The van der Waals surface area contributed by atoms with Gasteiger partial charge in [-0.05, 0) is 55.2 Å². The van der Waals surface area contributed by atoms with Crippen LogP contribution in [0.2, 0.25) is 0 Å². The van der Waals surface area contributed by atoms with E-state index in [9.17, 15) is 9.90 Å². The molecule has 2 aliphatic carbocycles. The lowest BCUT2D eigenvalue weighted by Crippen LogP contribution is -2.29. The molecule has 0 aromatic heterocycles. The summed E-state index contributed by atoms with van der Waals surface area (Å²) in [6.07, 6.45) is 8.32. The molecule has 0 bridgehead atoms. The van der Waals surface area contributed by atoms with E-state index in [0.29, 0.717) is 5.92 Å². The lowest BCUT2D eigenvalue weighted by molar-refractivity contribution is -0.143. The van der Waals surface area contributed by atoms with Gasteiger partial charge < -0.3 is 5.11 Å². The number of aryl methyl sites for hydroxylation is 1. The molecule has 19 heavy (non-hydrogen) atoms. The van der Waals surface area contributed by atoms with Crippen molar-refractivity contribution in [2.75, 3.05) is 0 Å². The first-order valence-electron chi connectivity index (χ1n) is 7.48. The van der Waals surface area contributed by atoms with Gasteiger partial charge in [-0.25, -0.2) is 0 Å². The minimum atomic E-state index is -0.684. The first-order chi connectivity index (χ1) is 9.11. The molecule has 102 valence electrons. The molecule has 1 aromatic carbocycles. The Balaban J connectivity index is 1.91. The zero-order valence-corrected chi connectivity index (χ0v) is 11.6. The maximum atomic E-state index is 11.5. The number of benzene rings is 1. The van der Waals surface area contributed by atoms with Crippen LogP contribution in [0, 0.1) is 0 Å². The summed E-state index contributed by atoms with van der Waals surface area (Å²) in [5.41, 5.74) is 3.08. The highest BCUT2D eigenvalue weighted by atomic mass is 16.4. The largest absolute Gasteiger partial charge is 0.481 e. The van der Waals surface area contributed by atoms with Gasteiger partial charge in [0.2, 0.25) is 0 Å². The minimum Gasteiger partial charge on any atom is -0.481 e. The summed E-state index contributed by atoms with van der Waals surface area (Å²) >= 11 is 0. The fourth-order valence-electron chi connectivity index (χ4n) is 3.79. The monoisotopic (exact) mass is 258 g/mol. The predicted octanol–water partition coefficient (Wildman–Crippen LogP) is 4.02. The molecule has 2 aliphatic rings. The van der Waals surface area contributed by atoms with Crippen LogP contribution in [0.15, 0.2) is 18.2 Å².